The van der Waals surface area contributed by atoms with Crippen molar-refractivity contribution >= 4 is 15.9 Å². The maximum absolute atomic E-state index is 10.4. The van der Waals surface area contributed by atoms with Gasteiger partial charge in [0, 0.05) is 15.5 Å². The Morgan fingerprint density at radius 1 is 1.82 bits per heavy atom. The molecule has 0 aromatic heterocycles. The van der Waals surface area contributed by atoms with E-state index in [0.29, 0.717) is 0 Å². The smallest absolute Gasteiger partial charge is 0.262 e. The lowest BCUT2D eigenvalue weighted by Crippen LogP contribution is -2.46. The highest BCUT2D eigenvalue weighted by molar-refractivity contribution is 9.11. The fraction of sp³-hybridized carbons (Fsp3) is 0.333. The zero-order valence-corrected chi connectivity index (χ0v) is 7.24. The number of rotatable bonds is 1. The molecule has 60 valence electrons. The van der Waals surface area contributed by atoms with E-state index in [1.54, 1.807) is 12.2 Å². The van der Waals surface area contributed by atoms with Gasteiger partial charge >= 0.3 is 0 Å². The SMILES string of the molecule is NC1([N+](=O)[O-])C=CC(Br)=CC1. The lowest BCUT2D eigenvalue weighted by Gasteiger charge is -2.17. The van der Waals surface area contributed by atoms with Gasteiger partial charge in [0.05, 0.1) is 6.42 Å². The minimum atomic E-state index is -1.41. The molecule has 0 saturated heterocycles. The molecular weight excluding hydrogens is 212 g/mol. The Balaban J connectivity index is 2.82. The van der Waals surface area contributed by atoms with E-state index in [2.05, 4.69) is 15.9 Å². The maximum Gasteiger partial charge on any atom is 0.295 e. The van der Waals surface area contributed by atoms with E-state index in [4.69, 9.17) is 5.73 Å². The molecule has 0 spiro atoms. The number of hydrogen-bond acceptors (Lipinski definition) is 3. The van der Waals surface area contributed by atoms with E-state index in [1.165, 1.54) is 6.08 Å². The minimum absolute atomic E-state index is 0.233. The van der Waals surface area contributed by atoms with Crippen LogP contribution in [0.2, 0.25) is 0 Å². The van der Waals surface area contributed by atoms with Crippen molar-refractivity contribution in [1.29, 1.82) is 0 Å². The van der Waals surface area contributed by atoms with Crippen LogP contribution in [0.1, 0.15) is 6.42 Å². The van der Waals surface area contributed by atoms with Gasteiger partial charge in [0.2, 0.25) is 0 Å². The molecule has 0 aliphatic heterocycles. The summed E-state index contributed by atoms with van der Waals surface area (Å²) in [6.45, 7) is 0. The second-order valence-electron chi connectivity index (χ2n) is 2.37. The van der Waals surface area contributed by atoms with Crippen LogP contribution >= 0.6 is 15.9 Å². The molecule has 0 saturated carbocycles. The van der Waals surface area contributed by atoms with Crippen molar-refractivity contribution in [1.82, 2.24) is 0 Å². The number of nitrogens with two attached hydrogens (primary N) is 1. The monoisotopic (exact) mass is 218 g/mol. The van der Waals surface area contributed by atoms with Crippen LogP contribution in [0.4, 0.5) is 0 Å². The van der Waals surface area contributed by atoms with Crippen molar-refractivity contribution in [3.8, 4) is 0 Å². The first-order valence-corrected chi connectivity index (χ1v) is 3.82. The summed E-state index contributed by atoms with van der Waals surface area (Å²) >= 11 is 3.19. The van der Waals surface area contributed by atoms with Gasteiger partial charge < -0.3 is 0 Å². The number of allylic oxidation sites excluding steroid dienone is 2. The largest absolute Gasteiger partial charge is 0.295 e. The molecule has 0 aromatic carbocycles. The summed E-state index contributed by atoms with van der Waals surface area (Å²) in [6.07, 6.45) is 4.89. The summed E-state index contributed by atoms with van der Waals surface area (Å²) in [5.41, 5.74) is 4.01. The van der Waals surface area contributed by atoms with E-state index in [-0.39, 0.29) is 6.42 Å². The first kappa shape index (κ1) is 8.42. The van der Waals surface area contributed by atoms with Crippen LogP contribution in [0.25, 0.3) is 0 Å². The molecule has 0 bridgehead atoms. The average molecular weight is 219 g/mol. The van der Waals surface area contributed by atoms with E-state index in [0.717, 1.165) is 4.48 Å². The molecule has 0 radical (unpaired) electrons. The van der Waals surface area contributed by atoms with Gasteiger partial charge in [-0.3, -0.25) is 15.8 Å². The summed E-state index contributed by atoms with van der Waals surface area (Å²) in [5.74, 6) is 0. The minimum Gasteiger partial charge on any atom is -0.262 e. The van der Waals surface area contributed by atoms with Crippen LogP contribution in [-0.2, 0) is 0 Å². The Labute approximate surface area is 72.0 Å². The van der Waals surface area contributed by atoms with Crippen LogP contribution in [0.3, 0.4) is 0 Å². The van der Waals surface area contributed by atoms with E-state index < -0.39 is 10.6 Å². The van der Waals surface area contributed by atoms with Gasteiger partial charge in [-0.25, -0.2) is 0 Å². The van der Waals surface area contributed by atoms with Crippen LogP contribution in [0.5, 0.6) is 0 Å². The third kappa shape index (κ3) is 1.66. The Kier molecular flexibility index (Phi) is 2.10. The predicted molar refractivity (Wildman–Crippen MR) is 44.7 cm³/mol. The van der Waals surface area contributed by atoms with Gasteiger partial charge in [-0.15, -0.1) is 0 Å². The van der Waals surface area contributed by atoms with Gasteiger partial charge in [0.25, 0.3) is 5.66 Å². The molecule has 0 heterocycles. The number of nitrogens with zero attached hydrogens (tertiary/aromatic N) is 1. The van der Waals surface area contributed by atoms with Crippen molar-refractivity contribution in [3.63, 3.8) is 0 Å². The average Bonchev–Trinajstić information content (AvgIpc) is 1.95. The van der Waals surface area contributed by atoms with Crippen LogP contribution < -0.4 is 5.73 Å². The Morgan fingerprint density at radius 2 is 2.45 bits per heavy atom. The van der Waals surface area contributed by atoms with Crippen molar-refractivity contribution in [3.05, 3.63) is 32.8 Å². The highest BCUT2D eigenvalue weighted by Gasteiger charge is 2.35. The Morgan fingerprint density at radius 3 is 2.82 bits per heavy atom. The fourth-order valence-electron chi connectivity index (χ4n) is 0.756. The molecule has 11 heavy (non-hydrogen) atoms. The van der Waals surface area contributed by atoms with Gasteiger partial charge in [-0.1, -0.05) is 22.0 Å². The molecule has 2 N–H and O–H groups in total. The molecule has 0 fully saturated rings. The maximum atomic E-state index is 10.4. The Hall–Kier alpha value is -0.680. The highest BCUT2D eigenvalue weighted by atomic mass is 79.9. The molecule has 0 amide bonds. The molecule has 4 nitrogen and oxygen atoms in total. The summed E-state index contributed by atoms with van der Waals surface area (Å²) in [7, 11) is 0. The van der Waals surface area contributed by atoms with E-state index in [9.17, 15) is 10.1 Å². The number of nitro groups is 1. The fourth-order valence-corrected chi connectivity index (χ4v) is 1.05. The van der Waals surface area contributed by atoms with Crippen LogP contribution in [-0.4, -0.2) is 10.6 Å². The second kappa shape index (κ2) is 2.75. The lowest BCUT2D eigenvalue weighted by molar-refractivity contribution is -0.553. The molecule has 1 rings (SSSR count). The van der Waals surface area contributed by atoms with Crippen molar-refractivity contribution in [2.75, 3.05) is 0 Å². The normalized spacial score (nSPS) is 29.8. The van der Waals surface area contributed by atoms with Crippen LogP contribution in [0, 0.1) is 10.1 Å². The van der Waals surface area contributed by atoms with Crippen LogP contribution in [0.15, 0.2) is 22.7 Å². The quantitative estimate of drug-likeness (QED) is 0.408. The van der Waals surface area contributed by atoms with Crippen molar-refractivity contribution < 1.29 is 4.92 Å². The second-order valence-corrected chi connectivity index (χ2v) is 3.29. The molecule has 1 aliphatic rings. The topological polar surface area (TPSA) is 69.2 Å². The standard InChI is InChI=1S/C6H7BrN2O2/c7-5-1-3-6(8,4-2-5)9(10)11/h1-3H,4,8H2. The predicted octanol–water partition coefficient (Wildman–Crippen LogP) is 1.16. The molecule has 1 atom stereocenters. The van der Waals surface area contributed by atoms with E-state index in [1.807, 2.05) is 0 Å². The highest BCUT2D eigenvalue weighted by Crippen LogP contribution is 2.21. The molecule has 5 heteroatoms. The summed E-state index contributed by atoms with van der Waals surface area (Å²) in [4.78, 5) is 9.88. The van der Waals surface area contributed by atoms with Gasteiger partial charge in [-0.2, -0.15) is 0 Å². The summed E-state index contributed by atoms with van der Waals surface area (Å²) in [6, 6.07) is 0. The van der Waals surface area contributed by atoms with Gasteiger partial charge in [0.1, 0.15) is 0 Å². The zero-order valence-electron chi connectivity index (χ0n) is 5.66. The zero-order chi connectivity index (χ0) is 8.48. The van der Waals surface area contributed by atoms with Gasteiger partial charge in [0.15, 0.2) is 0 Å². The molecule has 1 unspecified atom stereocenters. The third-order valence-corrected chi connectivity index (χ3v) is 2.08. The summed E-state index contributed by atoms with van der Waals surface area (Å²) < 4.78 is 0.834. The van der Waals surface area contributed by atoms with Gasteiger partial charge in [-0.05, 0) is 6.08 Å². The molecular formula is C6H7BrN2O2. The third-order valence-electron chi connectivity index (χ3n) is 1.50. The molecule has 0 aromatic rings. The first-order chi connectivity index (χ1) is 5.04. The van der Waals surface area contributed by atoms with Crippen molar-refractivity contribution in [2.24, 2.45) is 5.73 Å². The number of hydrogen-bond donors (Lipinski definition) is 1. The van der Waals surface area contributed by atoms with E-state index >= 15 is 0 Å². The number of halogens is 1. The van der Waals surface area contributed by atoms with Crippen molar-refractivity contribution in [2.45, 2.75) is 12.1 Å². The lowest BCUT2D eigenvalue weighted by atomic mass is 10.0. The molecule has 1 aliphatic carbocycles. The first-order valence-electron chi connectivity index (χ1n) is 3.03. The Bertz CT molecular complexity index is 249. The summed E-state index contributed by atoms with van der Waals surface area (Å²) in [5, 5.41) is 10.4.